The molecule has 0 saturated heterocycles. The number of anilines is 9. The largest absolute Gasteiger partial charge is 0.310 e. The molecule has 3 heteroatoms. The minimum Gasteiger partial charge on any atom is -0.310 e. The smallest absolute Gasteiger partial charge is 0.0546 e. The van der Waals surface area contributed by atoms with Crippen LogP contribution < -0.4 is 14.7 Å². The number of rotatable bonds is 11. The summed E-state index contributed by atoms with van der Waals surface area (Å²) in [6.07, 6.45) is 0. The fraction of sp³-hybridized carbons (Fsp3) is 0. The molecule has 0 fully saturated rings. The van der Waals surface area contributed by atoms with Crippen molar-refractivity contribution in [2.45, 2.75) is 0 Å². The highest BCUT2D eigenvalue weighted by molar-refractivity contribution is 6.14. The summed E-state index contributed by atoms with van der Waals surface area (Å²) in [5.41, 5.74) is 14.8. The SMILES string of the molecule is c1ccc(N(c2ccccc2)c2ccc3cc(-c4ccc(N(c5ccc(-c6ccc7cc(N(c8ccccc8)c8ccccc8)ccc7c6)cc5)c5cc6ccccc6c6ccccc56)cc4)ccc3c2)cc1. The molecular weight excluding hydrogens is 883 g/mol. The molecule has 0 heterocycles. The second kappa shape index (κ2) is 18.9. The van der Waals surface area contributed by atoms with E-state index < -0.39 is 0 Å². The zero-order chi connectivity index (χ0) is 48.5. The van der Waals surface area contributed by atoms with Crippen molar-refractivity contribution < 1.29 is 0 Å². The maximum absolute atomic E-state index is 2.42. The van der Waals surface area contributed by atoms with Crippen molar-refractivity contribution in [3.63, 3.8) is 0 Å². The molecule has 73 heavy (non-hydrogen) atoms. The van der Waals surface area contributed by atoms with Crippen LogP contribution in [0.2, 0.25) is 0 Å². The number of hydrogen-bond acceptors (Lipinski definition) is 3. The van der Waals surface area contributed by atoms with Gasteiger partial charge in [-0.15, -0.1) is 0 Å². The summed E-state index contributed by atoms with van der Waals surface area (Å²) in [5.74, 6) is 0. The Morgan fingerprint density at radius 2 is 0.479 bits per heavy atom. The topological polar surface area (TPSA) is 9.72 Å². The van der Waals surface area contributed by atoms with E-state index in [1.165, 1.54) is 65.3 Å². The second-order valence-electron chi connectivity index (χ2n) is 18.6. The van der Waals surface area contributed by atoms with Crippen LogP contribution in [-0.4, -0.2) is 0 Å². The van der Waals surface area contributed by atoms with Crippen LogP contribution in [0.1, 0.15) is 0 Å². The molecule has 0 atom stereocenters. The van der Waals surface area contributed by atoms with E-state index in [0.717, 1.165) is 51.2 Å². The van der Waals surface area contributed by atoms with Gasteiger partial charge in [0, 0.05) is 50.9 Å². The van der Waals surface area contributed by atoms with Gasteiger partial charge >= 0.3 is 0 Å². The average Bonchev–Trinajstić information content (AvgIpc) is 3.47. The van der Waals surface area contributed by atoms with Crippen LogP contribution in [0.5, 0.6) is 0 Å². The molecule has 0 aliphatic carbocycles. The number of nitrogens with zero attached hydrogens (tertiary/aromatic N) is 3. The number of fused-ring (bicyclic) bond motifs is 5. The minimum atomic E-state index is 1.09. The third-order valence-corrected chi connectivity index (χ3v) is 14.1. The number of benzene rings is 13. The van der Waals surface area contributed by atoms with E-state index in [-0.39, 0.29) is 0 Å². The van der Waals surface area contributed by atoms with Crippen molar-refractivity contribution in [1.82, 2.24) is 0 Å². The highest BCUT2D eigenvalue weighted by Gasteiger charge is 2.19. The van der Waals surface area contributed by atoms with E-state index in [0.29, 0.717) is 0 Å². The summed E-state index contributed by atoms with van der Waals surface area (Å²) in [7, 11) is 0. The Hall–Kier alpha value is -9.70. The summed E-state index contributed by atoms with van der Waals surface area (Å²) in [5, 5.41) is 9.68. The molecule has 0 saturated carbocycles. The Balaban J connectivity index is 0.842. The number of para-hydroxylation sites is 4. The first-order valence-corrected chi connectivity index (χ1v) is 25.0. The van der Waals surface area contributed by atoms with E-state index in [2.05, 4.69) is 312 Å². The third-order valence-electron chi connectivity index (χ3n) is 14.1. The molecule has 0 aliphatic rings. The predicted octanol–water partition coefficient (Wildman–Crippen LogP) is 20.0. The van der Waals surface area contributed by atoms with Crippen LogP contribution in [0.4, 0.5) is 51.2 Å². The van der Waals surface area contributed by atoms with Crippen molar-refractivity contribution in [3.8, 4) is 22.3 Å². The van der Waals surface area contributed by atoms with Gasteiger partial charge in [0.05, 0.1) is 5.69 Å². The Morgan fingerprint density at radius 1 is 0.164 bits per heavy atom. The van der Waals surface area contributed by atoms with E-state index in [1.54, 1.807) is 0 Å². The lowest BCUT2D eigenvalue weighted by Gasteiger charge is -2.28. The van der Waals surface area contributed by atoms with E-state index in [9.17, 15) is 0 Å². The molecule has 0 radical (unpaired) electrons. The molecule has 13 aromatic rings. The standard InChI is InChI=1S/C70H49N3/c1-5-18-59(19-6-1)71(60-20-7-2-8-21-60)65-43-37-54-45-52(29-31-56(54)47-65)50-33-39-63(40-34-50)73(70-49-58-17-13-14-26-67(58)68-27-15-16-28-69(68)70)64-41-35-51(36-42-64)53-30-32-57-48-66(44-38-55(57)46-53)72(61-22-9-3-10-23-61)62-24-11-4-12-25-62/h1-49H. The predicted molar refractivity (Wildman–Crippen MR) is 311 cm³/mol. The molecule has 13 rings (SSSR count). The van der Waals surface area contributed by atoms with Gasteiger partial charge in [-0.2, -0.15) is 0 Å². The summed E-state index contributed by atoms with van der Waals surface area (Å²) < 4.78 is 0. The lowest BCUT2D eigenvalue weighted by molar-refractivity contribution is 1.29. The van der Waals surface area contributed by atoms with Gasteiger partial charge in [-0.3, -0.25) is 0 Å². The van der Waals surface area contributed by atoms with Gasteiger partial charge in [0.1, 0.15) is 0 Å². The Kier molecular flexibility index (Phi) is 11.2. The van der Waals surface area contributed by atoms with Gasteiger partial charge in [0.2, 0.25) is 0 Å². The van der Waals surface area contributed by atoms with Gasteiger partial charge in [-0.05, 0) is 175 Å². The maximum Gasteiger partial charge on any atom is 0.0546 e. The van der Waals surface area contributed by atoms with Crippen molar-refractivity contribution in [2.75, 3.05) is 14.7 Å². The van der Waals surface area contributed by atoms with Gasteiger partial charge in [0.25, 0.3) is 0 Å². The van der Waals surface area contributed by atoms with Crippen molar-refractivity contribution in [1.29, 1.82) is 0 Å². The lowest BCUT2D eigenvalue weighted by atomic mass is 9.97. The van der Waals surface area contributed by atoms with Gasteiger partial charge in [0.15, 0.2) is 0 Å². The summed E-state index contributed by atoms with van der Waals surface area (Å²) in [6.45, 7) is 0. The van der Waals surface area contributed by atoms with Gasteiger partial charge < -0.3 is 14.7 Å². The fourth-order valence-electron chi connectivity index (χ4n) is 10.6. The summed E-state index contributed by atoms with van der Waals surface area (Å²) >= 11 is 0. The van der Waals surface area contributed by atoms with Gasteiger partial charge in [-0.25, -0.2) is 0 Å². The first-order valence-electron chi connectivity index (χ1n) is 25.0. The lowest BCUT2D eigenvalue weighted by Crippen LogP contribution is -2.10. The zero-order valence-electron chi connectivity index (χ0n) is 40.1. The monoisotopic (exact) mass is 931 g/mol. The molecule has 0 spiro atoms. The molecule has 344 valence electrons. The van der Waals surface area contributed by atoms with Crippen LogP contribution in [0.15, 0.2) is 297 Å². The van der Waals surface area contributed by atoms with E-state index in [4.69, 9.17) is 0 Å². The second-order valence-corrected chi connectivity index (χ2v) is 18.6. The minimum absolute atomic E-state index is 1.09. The fourth-order valence-corrected chi connectivity index (χ4v) is 10.6. The Bertz CT molecular complexity index is 3780. The van der Waals surface area contributed by atoms with E-state index in [1.807, 2.05) is 0 Å². The molecular formula is C70H49N3. The number of hydrogen-bond donors (Lipinski definition) is 0. The first kappa shape index (κ1) is 43.3. The summed E-state index contributed by atoms with van der Waals surface area (Å²) in [6, 6.07) is 108. The van der Waals surface area contributed by atoms with Crippen LogP contribution >= 0.6 is 0 Å². The molecule has 0 N–H and O–H groups in total. The zero-order valence-corrected chi connectivity index (χ0v) is 40.1. The Labute approximate surface area is 426 Å². The first-order chi connectivity index (χ1) is 36.2. The van der Waals surface area contributed by atoms with Crippen molar-refractivity contribution in [3.05, 3.63) is 297 Å². The normalized spacial score (nSPS) is 11.3. The van der Waals surface area contributed by atoms with Crippen molar-refractivity contribution in [2.24, 2.45) is 0 Å². The van der Waals surface area contributed by atoms with Crippen LogP contribution in [0, 0.1) is 0 Å². The van der Waals surface area contributed by atoms with E-state index >= 15 is 0 Å². The molecule has 13 aromatic carbocycles. The third kappa shape index (κ3) is 8.39. The maximum atomic E-state index is 2.42. The Morgan fingerprint density at radius 3 is 0.918 bits per heavy atom. The summed E-state index contributed by atoms with van der Waals surface area (Å²) in [4.78, 5) is 7.05. The van der Waals surface area contributed by atoms with Crippen LogP contribution in [0.25, 0.3) is 65.3 Å². The molecule has 0 aromatic heterocycles. The molecule has 0 amide bonds. The van der Waals surface area contributed by atoms with Crippen LogP contribution in [-0.2, 0) is 0 Å². The van der Waals surface area contributed by atoms with Crippen molar-refractivity contribution >= 4 is 94.3 Å². The van der Waals surface area contributed by atoms with Gasteiger partial charge in [-0.1, -0.05) is 182 Å². The molecule has 0 unspecified atom stereocenters. The molecule has 0 bridgehead atoms. The average molecular weight is 932 g/mol. The van der Waals surface area contributed by atoms with Crippen LogP contribution in [0.3, 0.4) is 0 Å². The highest BCUT2D eigenvalue weighted by Crippen LogP contribution is 2.44. The highest BCUT2D eigenvalue weighted by atomic mass is 15.2. The molecule has 3 nitrogen and oxygen atoms in total. The quantitative estimate of drug-likeness (QED) is 0.120. The molecule has 0 aliphatic heterocycles.